The number of aliphatic carboxylic acids is 1. The second-order valence-electron chi connectivity index (χ2n) is 5.14. The molecule has 0 amide bonds. The van der Waals surface area contributed by atoms with E-state index in [0.717, 1.165) is 38.6 Å². The predicted octanol–water partition coefficient (Wildman–Crippen LogP) is 1.99. The molecule has 0 aromatic heterocycles. The van der Waals surface area contributed by atoms with Gasteiger partial charge in [-0.25, -0.2) is 0 Å². The lowest BCUT2D eigenvalue weighted by atomic mass is 9.72. The van der Waals surface area contributed by atoms with E-state index in [1.807, 2.05) is 11.9 Å². The number of methoxy groups -OCH3 is 1. The predicted molar refractivity (Wildman–Crippen MR) is 67.1 cm³/mol. The van der Waals surface area contributed by atoms with Gasteiger partial charge in [0.25, 0.3) is 0 Å². The molecule has 0 saturated heterocycles. The molecular formula is C13H25NO3. The molecule has 1 N–H and O–H groups in total. The fraction of sp³-hybridized carbons (Fsp3) is 0.923. The van der Waals surface area contributed by atoms with E-state index in [-0.39, 0.29) is 5.92 Å². The van der Waals surface area contributed by atoms with E-state index >= 15 is 0 Å². The topological polar surface area (TPSA) is 49.8 Å². The van der Waals surface area contributed by atoms with Crippen LogP contribution in [0.5, 0.6) is 0 Å². The molecule has 0 bridgehead atoms. The van der Waals surface area contributed by atoms with Gasteiger partial charge in [0.05, 0.1) is 0 Å². The van der Waals surface area contributed by atoms with Gasteiger partial charge in [-0.3, -0.25) is 9.69 Å². The van der Waals surface area contributed by atoms with Crippen LogP contribution in [0.2, 0.25) is 0 Å². The molecule has 1 fully saturated rings. The maximum absolute atomic E-state index is 11.7. The van der Waals surface area contributed by atoms with Gasteiger partial charge in [0.15, 0.2) is 0 Å². The average Bonchev–Trinajstić information content (AvgIpc) is 2.29. The molecule has 4 nitrogen and oxygen atoms in total. The average molecular weight is 243 g/mol. The van der Waals surface area contributed by atoms with Gasteiger partial charge in [0.2, 0.25) is 0 Å². The normalized spacial score (nSPS) is 29.5. The molecule has 1 aliphatic rings. The molecule has 100 valence electrons. The SMILES string of the molecule is COCCCN(C)C1(C(=O)O)CCCCC1C. The Bertz CT molecular complexity index is 257. The molecule has 0 heterocycles. The highest BCUT2D eigenvalue weighted by atomic mass is 16.5. The van der Waals surface area contributed by atoms with Crippen LogP contribution in [0.25, 0.3) is 0 Å². The van der Waals surface area contributed by atoms with E-state index in [1.54, 1.807) is 7.11 Å². The standard InChI is InChI=1S/C13H25NO3/c1-11-7-4-5-8-13(11,12(15)16)14(2)9-6-10-17-3/h11H,4-10H2,1-3H3,(H,15,16). The number of rotatable bonds is 6. The molecule has 2 unspecified atom stereocenters. The minimum Gasteiger partial charge on any atom is -0.480 e. The Kier molecular flexibility index (Phi) is 5.40. The second-order valence-corrected chi connectivity index (χ2v) is 5.14. The maximum atomic E-state index is 11.7. The Labute approximate surface area is 104 Å². The first-order valence-electron chi connectivity index (χ1n) is 6.49. The van der Waals surface area contributed by atoms with Gasteiger partial charge in [0.1, 0.15) is 5.54 Å². The molecule has 4 heteroatoms. The Balaban J connectivity index is 2.72. The van der Waals surface area contributed by atoms with E-state index in [2.05, 4.69) is 6.92 Å². The van der Waals surface area contributed by atoms with Crippen LogP contribution in [-0.4, -0.2) is 48.8 Å². The van der Waals surface area contributed by atoms with Crippen LogP contribution >= 0.6 is 0 Å². The monoisotopic (exact) mass is 243 g/mol. The highest BCUT2D eigenvalue weighted by molar-refractivity contribution is 5.79. The fourth-order valence-electron chi connectivity index (χ4n) is 3.02. The van der Waals surface area contributed by atoms with E-state index in [4.69, 9.17) is 4.74 Å². The third-order valence-corrected chi connectivity index (χ3v) is 4.15. The zero-order valence-electron chi connectivity index (χ0n) is 11.2. The van der Waals surface area contributed by atoms with Gasteiger partial charge in [-0.2, -0.15) is 0 Å². The van der Waals surface area contributed by atoms with Crippen LogP contribution in [0.1, 0.15) is 39.0 Å². The van der Waals surface area contributed by atoms with Crippen LogP contribution in [0.4, 0.5) is 0 Å². The first-order chi connectivity index (χ1) is 8.05. The number of carboxylic acids is 1. The highest BCUT2D eigenvalue weighted by Crippen LogP contribution is 2.38. The lowest BCUT2D eigenvalue weighted by Gasteiger charge is -2.45. The van der Waals surface area contributed by atoms with Crippen LogP contribution in [0.3, 0.4) is 0 Å². The van der Waals surface area contributed by atoms with E-state index < -0.39 is 11.5 Å². The minimum absolute atomic E-state index is 0.223. The van der Waals surface area contributed by atoms with Gasteiger partial charge >= 0.3 is 5.97 Å². The van der Waals surface area contributed by atoms with Gasteiger partial charge in [-0.15, -0.1) is 0 Å². The number of carboxylic acid groups (broad SMARTS) is 1. The van der Waals surface area contributed by atoms with Crippen molar-refractivity contribution in [1.29, 1.82) is 0 Å². The van der Waals surface area contributed by atoms with Crippen LogP contribution in [0.15, 0.2) is 0 Å². The summed E-state index contributed by atoms with van der Waals surface area (Å²) in [6.07, 6.45) is 4.84. The molecule has 1 rings (SSSR count). The molecule has 0 radical (unpaired) electrons. The Morgan fingerprint density at radius 3 is 2.76 bits per heavy atom. The van der Waals surface area contributed by atoms with Crippen molar-refractivity contribution >= 4 is 5.97 Å². The van der Waals surface area contributed by atoms with Gasteiger partial charge in [0, 0.05) is 20.3 Å². The number of hydrogen-bond acceptors (Lipinski definition) is 3. The van der Waals surface area contributed by atoms with Gasteiger partial charge in [-0.05, 0) is 32.2 Å². The highest BCUT2D eigenvalue weighted by Gasteiger charge is 2.47. The van der Waals surface area contributed by atoms with E-state index in [0.29, 0.717) is 6.61 Å². The molecule has 0 aromatic carbocycles. The zero-order chi connectivity index (χ0) is 12.9. The van der Waals surface area contributed by atoms with Crippen molar-refractivity contribution in [3.63, 3.8) is 0 Å². The smallest absolute Gasteiger partial charge is 0.324 e. The maximum Gasteiger partial charge on any atom is 0.324 e. The third-order valence-electron chi connectivity index (χ3n) is 4.15. The molecule has 1 saturated carbocycles. The summed E-state index contributed by atoms with van der Waals surface area (Å²) in [7, 11) is 3.61. The van der Waals surface area contributed by atoms with Crippen molar-refractivity contribution in [2.45, 2.75) is 44.6 Å². The van der Waals surface area contributed by atoms with Crippen LogP contribution in [-0.2, 0) is 9.53 Å². The van der Waals surface area contributed by atoms with Crippen molar-refractivity contribution in [3.05, 3.63) is 0 Å². The van der Waals surface area contributed by atoms with Gasteiger partial charge < -0.3 is 9.84 Å². The zero-order valence-corrected chi connectivity index (χ0v) is 11.2. The first-order valence-corrected chi connectivity index (χ1v) is 6.49. The molecule has 0 spiro atoms. The molecule has 2 atom stereocenters. The summed E-state index contributed by atoms with van der Waals surface area (Å²) in [6, 6.07) is 0. The summed E-state index contributed by atoms with van der Waals surface area (Å²) in [5.74, 6) is -0.439. The summed E-state index contributed by atoms with van der Waals surface area (Å²) < 4.78 is 5.03. The molecule has 17 heavy (non-hydrogen) atoms. The Hall–Kier alpha value is -0.610. The largest absolute Gasteiger partial charge is 0.480 e. The minimum atomic E-state index is -0.662. The Morgan fingerprint density at radius 1 is 1.53 bits per heavy atom. The number of nitrogens with zero attached hydrogens (tertiary/aromatic N) is 1. The lowest BCUT2D eigenvalue weighted by molar-refractivity contribution is -0.157. The first kappa shape index (κ1) is 14.5. The van der Waals surface area contributed by atoms with Crippen molar-refractivity contribution in [2.75, 3.05) is 27.3 Å². The van der Waals surface area contributed by atoms with Crippen molar-refractivity contribution in [3.8, 4) is 0 Å². The summed E-state index contributed by atoms with van der Waals surface area (Å²) in [5.41, 5.74) is -0.661. The lowest BCUT2D eigenvalue weighted by Crippen LogP contribution is -2.58. The van der Waals surface area contributed by atoms with Crippen molar-refractivity contribution < 1.29 is 14.6 Å². The van der Waals surface area contributed by atoms with Crippen molar-refractivity contribution in [1.82, 2.24) is 4.90 Å². The second kappa shape index (κ2) is 6.36. The van der Waals surface area contributed by atoms with Gasteiger partial charge in [-0.1, -0.05) is 19.8 Å². The number of carbonyl (C=O) groups is 1. The molecule has 0 aliphatic heterocycles. The Morgan fingerprint density at radius 2 is 2.24 bits per heavy atom. The fourth-order valence-corrected chi connectivity index (χ4v) is 3.02. The van der Waals surface area contributed by atoms with Crippen LogP contribution in [0, 0.1) is 5.92 Å². The molecule has 0 aromatic rings. The van der Waals surface area contributed by atoms with Crippen molar-refractivity contribution in [2.24, 2.45) is 5.92 Å². The number of likely N-dealkylation sites (N-methyl/N-ethyl adjacent to an activating group) is 1. The quantitative estimate of drug-likeness (QED) is 0.725. The van der Waals surface area contributed by atoms with Crippen LogP contribution < -0.4 is 0 Å². The van der Waals surface area contributed by atoms with E-state index in [1.165, 1.54) is 0 Å². The number of ether oxygens (including phenoxy) is 1. The molecule has 1 aliphatic carbocycles. The number of hydrogen-bond donors (Lipinski definition) is 1. The summed E-state index contributed by atoms with van der Waals surface area (Å²) in [6.45, 7) is 3.54. The van der Waals surface area contributed by atoms with E-state index in [9.17, 15) is 9.90 Å². The summed E-state index contributed by atoms with van der Waals surface area (Å²) in [5, 5.41) is 9.61. The summed E-state index contributed by atoms with van der Waals surface area (Å²) >= 11 is 0. The molecular weight excluding hydrogens is 218 g/mol. The summed E-state index contributed by atoms with van der Waals surface area (Å²) in [4.78, 5) is 13.7. The third kappa shape index (κ3) is 2.99.